The third-order valence-electron chi connectivity index (χ3n) is 4.77. The van der Waals surface area contributed by atoms with Gasteiger partial charge in [0.05, 0.1) is 0 Å². The Balaban J connectivity index is 1.49. The van der Waals surface area contributed by atoms with Crippen LogP contribution in [0.1, 0.15) is 30.0 Å². The highest BCUT2D eigenvalue weighted by Gasteiger charge is 2.17. The minimum atomic E-state index is -0.175. The van der Waals surface area contributed by atoms with Gasteiger partial charge in [0.25, 0.3) is 0 Å². The number of rotatable bonds is 6. The molecule has 142 valence electrons. The highest BCUT2D eigenvalue weighted by atomic mass is 32.2. The van der Waals surface area contributed by atoms with Gasteiger partial charge in [-0.3, -0.25) is 0 Å². The Morgan fingerprint density at radius 1 is 1.00 bits per heavy atom. The van der Waals surface area contributed by atoms with Gasteiger partial charge in [-0.2, -0.15) is 0 Å². The highest BCUT2D eigenvalue weighted by molar-refractivity contribution is 7.98. The van der Waals surface area contributed by atoms with E-state index in [4.69, 9.17) is 4.74 Å². The Morgan fingerprint density at radius 3 is 2.64 bits per heavy atom. The first-order valence-corrected chi connectivity index (χ1v) is 10.3. The number of thioether (sulfide) groups is 1. The first-order chi connectivity index (χ1) is 13.6. The molecule has 0 aliphatic heterocycles. The molecule has 4 aromatic rings. The van der Waals surface area contributed by atoms with Crippen molar-refractivity contribution in [3.8, 4) is 5.75 Å². The van der Waals surface area contributed by atoms with Gasteiger partial charge in [0.2, 0.25) is 0 Å². The summed E-state index contributed by atoms with van der Waals surface area (Å²) in [6.07, 6.45) is -0.175. The number of ether oxygens (including phenoxy) is 1. The molecule has 0 aliphatic carbocycles. The first-order valence-electron chi connectivity index (χ1n) is 9.34. The molecule has 1 heterocycles. The van der Waals surface area contributed by atoms with Gasteiger partial charge >= 0.3 is 0 Å². The number of fused-ring (bicyclic) bond motifs is 1. The Hall–Kier alpha value is -2.79. The molecular formula is C23H23N3OS. The van der Waals surface area contributed by atoms with E-state index in [-0.39, 0.29) is 6.10 Å². The van der Waals surface area contributed by atoms with Crippen molar-refractivity contribution in [2.45, 2.75) is 30.9 Å². The molecular weight excluding hydrogens is 366 g/mol. The van der Waals surface area contributed by atoms with E-state index in [2.05, 4.69) is 65.7 Å². The normalized spacial score (nSPS) is 12.2. The van der Waals surface area contributed by atoms with Gasteiger partial charge in [-0.05, 0) is 47.9 Å². The number of hydrogen-bond acceptors (Lipinski definition) is 4. The third-order valence-corrected chi connectivity index (χ3v) is 5.84. The van der Waals surface area contributed by atoms with Crippen molar-refractivity contribution < 1.29 is 4.74 Å². The number of hydrogen-bond donors (Lipinski definition) is 0. The van der Waals surface area contributed by atoms with Gasteiger partial charge in [0.1, 0.15) is 5.75 Å². The molecule has 0 bridgehead atoms. The van der Waals surface area contributed by atoms with Gasteiger partial charge in [0.15, 0.2) is 17.1 Å². The third kappa shape index (κ3) is 3.90. The van der Waals surface area contributed by atoms with Gasteiger partial charge in [-0.15, -0.1) is 10.2 Å². The van der Waals surface area contributed by atoms with Crippen LogP contribution in [0.15, 0.2) is 71.9 Å². The summed E-state index contributed by atoms with van der Waals surface area (Å²) in [6, 6.07) is 23.0. The molecule has 3 aromatic carbocycles. The molecule has 0 fully saturated rings. The van der Waals surface area contributed by atoms with Crippen molar-refractivity contribution in [3.63, 3.8) is 0 Å². The highest BCUT2D eigenvalue weighted by Crippen LogP contribution is 2.28. The summed E-state index contributed by atoms with van der Waals surface area (Å²) in [5, 5.41) is 12.2. The summed E-state index contributed by atoms with van der Waals surface area (Å²) >= 11 is 1.70. The van der Waals surface area contributed by atoms with Crippen LogP contribution in [-0.2, 0) is 12.8 Å². The molecule has 0 saturated carbocycles. The van der Waals surface area contributed by atoms with Gasteiger partial charge < -0.3 is 9.30 Å². The molecule has 0 spiro atoms. The molecule has 1 unspecified atom stereocenters. The van der Waals surface area contributed by atoms with Crippen molar-refractivity contribution in [2.75, 3.05) is 0 Å². The van der Waals surface area contributed by atoms with E-state index in [0.29, 0.717) is 0 Å². The lowest BCUT2D eigenvalue weighted by atomic mass is 10.1. The second-order valence-electron chi connectivity index (χ2n) is 6.90. The second kappa shape index (κ2) is 8.07. The predicted molar refractivity (Wildman–Crippen MR) is 115 cm³/mol. The zero-order valence-corrected chi connectivity index (χ0v) is 17.1. The standard InChI is InChI=1S/C23H23N3OS/c1-16-8-6-12-20(14-16)27-17(2)22-24-25-23(26(22)3)28-15-19-11-7-10-18-9-4-5-13-21(18)19/h4-14,17H,15H2,1-3H3. The average molecular weight is 390 g/mol. The summed E-state index contributed by atoms with van der Waals surface area (Å²) < 4.78 is 8.09. The minimum Gasteiger partial charge on any atom is -0.483 e. The average Bonchev–Trinajstić information content (AvgIpc) is 3.07. The smallest absolute Gasteiger partial charge is 0.191 e. The monoisotopic (exact) mass is 389 g/mol. The molecule has 4 rings (SSSR count). The molecule has 0 aliphatic rings. The Labute approximate surface area is 169 Å². The van der Waals surface area contributed by atoms with Crippen LogP contribution < -0.4 is 4.74 Å². The lowest BCUT2D eigenvalue weighted by Crippen LogP contribution is -2.10. The molecule has 4 nitrogen and oxygen atoms in total. The maximum absolute atomic E-state index is 6.06. The lowest BCUT2D eigenvalue weighted by Gasteiger charge is -2.14. The Kier molecular flexibility index (Phi) is 5.35. The van der Waals surface area contributed by atoms with Crippen molar-refractivity contribution in [1.82, 2.24) is 14.8 Å². The van der Waals surface area contributed by atoms with Crippen LogP contribution >= 0.6 is 11.8 Å². The predicted octanol–water partition coefficient (Wildman–Crippen LogP) is 5.71. The summed E-state index contributed by atoms with van der Waals surface area (Å²) in [7, 11) is 2.00. The fourth-order valence-corrected chi connectivity index (χ4v) is 4.23. The van der Waals surface area contributed by atoms with Crippen LogP contribution in [0.2, 0.25) is 0 Å². The number of aromatic nitrogens is 3. The van der Waals surface area contributed by atoms with E-state index in [0.717, 1.165) is 22.5 Å². The second-order valence-corrected chi connectivity index (χ2v) is 7.85. The minimum absolute atomic E-state index is 0.175. The molecule has 0 amide bonds. The van der Waals surface area contributed by atoms with E-state index >= 15 is 0 Å². The molecule has 1 atom stereocenters. The van der Waals surface area contributed by atoms with Crippen molar-refractivity contribution in [2.24, 2.45) is 7.05 Å². The molecule has 0 radical (unpaired) electrons. The molecule has 5 heteroatoms. The van der Waals surface area contributed by atoms with Crippen LogP contribution in [0.25, 0.3) is 10.8 Å². The van der Waals surface area contributed by atoms with Crippen LogP contribution in [0.3, 0.4) is 0 Å². The van der Waals surface area contributed by atoms with E-state index in [9.17, 15) is 0 Å². The summed E-state index contributed by atoms with van der Waals surface area (Å²) in [5.41, 5.74) is 2.48. The molecule has 1 aromatic heterocycles. The van der Waals surface area contributed by atoms with Crippen LogP contribution in [0, 0.1) is 6.92 Å². The zero-order chi connectivity index (χ0) is 19.5. The zero-order valence-electron chi connectivity index (χ0n) is 16.3. The summed E-state index contributed by atoms with van der Waals surface area (Å²) in [5.74, 6) is 2.52. The number of aryl methyl sites for hydroxylation is 1. The van der Waals surface area contributed by atoms with Gasteiger partial charge in [-0.25, -0.2) is 0 Å². The van der Waals surface area contributed by atoms with E-state index < -0.39 is 0 Å². The van der Waals surface area contributed by atoms with E-state index in [1.807, 2.05) is 36.7 Å². The van der Waals surface area contributed by atoms with Gasteiger partial charge in [-0.1, -0.05) is 66.4 Å². The van der Waals surface area contributed by atoms with Crippen LogP contribution in [0.5, 0.6) is 5.75 Å². The largest absolute Gasteiger partial charge is 0.483 e. The fourth-order valence-electron chi connectivity index (χ4n) is 3.31. The Bertz CT molecular complexity index is 1100. The maximum atomic E-state index is 6.06. The molecule has 28 heavy (non-hydrogen) atoms. The Morgan fingerprint density at radius 2 is 1.79 bits per heavy atom. The molecule has 0 N–H and O–H groups in total. The SMILES string of the molecule is Cc1cccc(OC(C)c2nnc(SCc3cccc4ccccc34)n2C)c1. The topological polar surface area (TPSA) is 39.9 Å². The van der Waals surface area contributed by atoms with Crippen molar-refractivity contribution >= 4 is 22.5 Å². The number of nitrogens with zero attached hydrogens (tertiary/aromatic N) is 3. The maximum Gasteiger partial charge on any atom is 0.191 e. The van der Waals surface area contributed by atoms with Gasteiger partial charge in [0, 0.05) is 12.8 Å². The molecule has 0 saturated heterocycles. The number of benzene rings is 3. The van der Waals surface area contributed by atoms with Crippen molar-refractivity contribution in [3.05, 3.63) is 83.7 Å². The lowest BCUT2D eigenvalue weighted by molar-refractivity contribution is 0.211. The van der Waals surface area contributed by atoms with E-state index in [1.54, 1.807) is 11.8 Å². The summed E-state index contributed by atoms with van der Waals surface area (Å²) in [6.45, 7) is 4.06. The van der Waals surface area contributed by atoms with Crippen LogP contribution in [-0.4, -0.2) is 14.8 Å². The first kappa shape index (κ1) is 18.6. The van der Waals surface area contributed by atoms with Crippen LogP contribution in [0.4, 0.5) is 0 Å². The van der Waals surface area contributed by atoms with E-state index in [1.165, 1.54) is 21.9 Å². The quantitative estimate of drug-likeness (QED) is 0.396. The van der Waals surface area contributed by atoms with Crippen molar-refractivity contribution in [1.29, 1.82) is 0 Å². The fraction of sp³-hybridized carbons (Fsp3) is 0.217. The summed E-state index contributed by atoms with van der Waals surface area (Å²) in [4.78, 5) is 0.